The average Bonchev–Trinajstić information content (AvgIpc) is 2.13. The Morgan fingerprint density at radius 3 is 2.64 bits per heavy atom. The van der Waals surface area contributed by atoms with Gasteiger partial charge in [0.1, 0.15) is 6.61 Å². The van der Waals surface area contributed by atoms with Gasteiger partial charge in [0, 0.05) is 0 Å². The molecule has 14 heavy (non-hydrogen) atoms. The summed E-state index contributed by atoms with van der Waals surface area (Å²) in [6.45, 7) is 1.38. The van der Waals surface area contributed by atoms with E-state index >= 15 is 0 Å². The standard InChI is InChI=1S/C9H9ClF2O2/c1-5(13)4-14-7-3-2-6(10)8(11)9(7)12/h2-3,5,13H,4H2,1H3. The molecule has 0 spiro atoms. The van der Waals surface area contributed by atoms with Gasteiger partial charge in [0.05, 0.1) is 11.1 Å². The highest BCUT2D eigenvalue weighted by atomic mass is 35.5. The van der Waals surface area contributed by atoms with E-state index in [9.17, 15) is 8.78 Å². The minimum absolute atomic E-state index is 0.0992. The fourth-order valence-electron chi connectivity index (χ4n) is 0.830. The molecular weight excluding hydrogens is 214 g/mol. The second kappa shape index (κ2) is 4.57. The van der Waals surface area contributed by atoms with Crippen molar-refractivity contribution >= 4 is 11.6 Å². The second-order valence-corrected chi connectivity index (χ2v) is 3.24. The molecule has 0 saturated heterocycles. The molecule has 0 saturated carbocycles. The molecule has 1 aromatic carbocycles. The molecular formula is C9H9ClF2O2. The summed E-state index contributed by atoms with van der Waals surface area (Å²) in [5, 5.41) is 8.56. The summed E-state index contributed by atoms with van der Waals surface area (Å²) in [5.74, 6) is -2.54. The van der Waals surface area contributed by atoms with Crippen LogP contribution in [0, 0.1) is 11.6 Å². The van der Waals surface area contributed by atoms with Crippen LogP contribution in [0.15, 0.2) is 12.1 Å². The third-order valence-electron chi connectivity index (χ3n) is 1.48. The first-order valence-corrected chi connectivity index (χ1v) is 4.34. The number of aliphatic hydroxyl groups excluding tert-OH is 1. The molecule has 1 aromatic rings. The van der Waals surface area contributed by atoms with Crippen LogP contribution in [-0.2, 0) is 0 Å². The molecule has 78 valence electrons. The van der Waals surface area contributed by atoms with Gasteiger partial charge in [-0.25, -0.2) is 4.39 Å². The van der Waals surface area contributed by atoms with Crippen LogP contribution in [0.1, 0.15) is 6.92 Å². The van der Waals surface area contributed by atoms with E-state index in [1.807, 2.05) is 0 Å². The van der Waals surface area contributed by atoms with Gasteiger partial charge in [-0.1, -0.05) is 11.6 Å². The van der Waals surface area contributed by atoms with Crippen LogP contribution in [0.4, 0.5) is 8.78 Å². The van der Waals surface area contributed by atoms with Crippen LogP contribution in [0.5, 0.6) is 5.75 Å². The fraction of sp³-hybridized carbons (Fsp3) is 0.333. The van der Waals surface area contributed by atoms with E-state index in [4.69, 9.17) is 21.4 Å². The molecule has 0 radical (unpaired) electrons. The zero-order valence-electron chi connectivity index (χ0n) is 7.43. The lowest BCUT2D eigenvalue weighted by atomic mass is 10.3. The molecule has 1 unspecified atom stereocenters. The third kappa shape index (κ3) is 2.56. The summed E-state index contributed by atoms with van der Waals surface area (Å²) in [4.78, 5) is 0. The largest absolute Gasteiger partial charge is 0.488 e. The molecule has 5 heteroatoms. The van der Waals surface area contributed by atoms with E-state index < -0.39 is 17.7 Å². The first kappa shape index (κ1) is 11.2. The van der Waals surface area contributed by atoms with Gasteiger partial charge in [0.2, 0.25) is 5.82 Å². The highest BCUT2D eigenvalue weighted by Gasteiger charge is 2.13. The van der Waals surface area contributed by atoms with E-state index in [2.05, 4.69) is 0 Å². The summed E-state index contributed by atoms with van der Waals surface area (Å²) in [7, 11) is 0. The van der Waals surface area contributed by atoms with Gasteiger partial charge in [-0.15, -0.1) is 0 Å². The van der Waals surface area contributed by atoms with Crippen molar-refractivity contribution in [1.29, 1.82) is 0 Å². The van der Waals surface area contributed by atoms with Crippen molar-refractivity contribution in [1.82, 2.24) is 0 Å². The van der Waals surface area contributed by atoms with Gasteiger partial charge < -0.3 is 9.84 Å². The monoisotopic (exact) mass is 222 g/mol. The minimum Gasteiger partial charge on any atom is -0.488 e. The van der Waals surface area contributed by atoms with Crippen LogP contribution in [-0.4, -0.2) is 17.8 Å². The Kier molecular flexibility index (Phi) is 3.66. The van der Waals surface area contributed by atoms with E-state index in [0.29, 0.717) is 0 Å². The molecule has 0 aromatic heterocycles. The number of hydrogen-bond acceptors (Lipinski definition) is 2. The number of ether oxygens (including phenoxy) is 1. The second-order valence-electron chi connectivity index (χ2n) is 2.83. The predicted octanol–water partition coefficient (Wildman–Crippen LogP) is 2.38. The van der Waals surface area contributed by atoms with Gasteiger partial charge in [0.15, 0.2) is 11.6 Å². The summed E-state index contributed by atoms with van der Waals surface area (Å²) in [6.07, 6.45) is -0.742. The minimum atomic E-state index is -1.14. The number of aliphatic hydroxyl groups is 1. The zero-order valence-corrected chi connectivity index (χ0v) is 8.18. The van der Waals surface area contributed by atoms with Crippen LogP contribution >= 0.6 is 11.6 Å². The smallest absolute Gasteiger partial charge is 0.202 e. The Morgan fingerprint density at radius 2 is 2.07 bits per heavy atom. The van der Waals surface area contributed by atoms with Crippen molar-refractivity contribution in [2.45, 2.75) is 13.0 Å². The van der Waals surface area contributed by atoms with Crippen molar-refractivity contribution in [3.05, 3.63) is 28.8 Å². The third-order valence-corrected chi connectivity index (χ3v) is 1.77. The van der Waals surface area contributed by atoms with Crippen molar-refractivity contribution in [3.8, 4) is 5.75 Å². The number of rotatable bonds is 3. The molecule has 0 fully saturated rings. The number of hydrogen-bond donors (Lipinski definition) is 1. The Morgan fingerprint density at radius 1 is 1.43 bits per heavy atom. The first-order chi connectivity index (χ1) is 6.52. The molecule has 1 rings (SSSR count). The van der Waals surface area contributed by atoms with Crippen LogP contribution < -0.4 is 4.74 Å². The lowest BCUT2D eigenvalue weighted by molar-refractivity contribution is 0.119. The van der Waals surface area contributed by atoms with Crippen molar-refractivity contribution in [2.24, 2.45) is 0 Å². The van der Waals surface area contributed by atoms with E-state index in [1.165, 1.54) is 19.1 Å². The SMILES string of the molecule is CC(O)COc1ccc(Cl)c(F)c1F. The first-order valence-electron chi connectivity index (χ1n) is 3.96. The van der Waals surface area contributed by atoms with E-state index in [-0.39, 0.29) is 17.4 Å². The highest BCUT2D eigenvalue weighted by Crippen LogP contribution is 2.25. The molecule has 0 aliphatic heterocycles. The molecule has 0 bridgehead atoms. The highest BCUT2D eigenvalue weighted by molar-refractivity contribution is 6.30. The number of benzene rings is 1. The van der Waals surface area contributed by atoms with Gasteiger partial charge in [-0.2, -0.15) is 4.39 Å². The topological polar surface area (TPSA) is 29.5 Å². The maximum absolute atomic E-state index is 13.0. The normalized spacial score (nSPS) is 12.6. The van der Waals surface area contributed by atoms with Gasteiger partial charge in [-0.3, -0.25) is 0 Å². The lowest BCUT2D eigenvalue weighted by Crippen LogP contribution is -2.13. The summed E-state index contributed by atoms with van der Waals surface area (Å²) < 4.78 is 30.7. The van der Waals surface area contributed by atoms with Crippen molar-refractivity contribution < 1.29 is 18.6 Å². The maximum atomic E-state index is 13.0. The summed E-state index contributed by atoms with van der Waals surface area (Å²) >= 11 is 5.33. The molecule has 0 heterocycles. The van der Waals surface area contributed by atoms with Crippen LogP contribution in [0.25, 0.3) is 0 Å². The Balaban J connectivity index is 2.83. The number of halogens is 3. The van der Waals surface area contributed by atoms with E-state index in [0.717, 1.165) is 0 Å². The van der Waals surface area contributed by atoms with Gasteiger partial charge in [0.25, 0.3) is 0 Å². The summed E-state index contributed by atoms with van der Waals surface area (Å²) in [6, 6.07) is 2.40. The molecule has 0 aliphatic carbocycles. The maximum Gasteiger partial charge on any atom is 0.202 e. The van der Waals surface area contributed by atoms with Crippen LogP contribution in [0.2, 0.25) is 5.02 Å². The average molecular weight is 223 g/mol. The Bertz CT molecular complexity index is 329. The molecule has 2 nitrogen and oxygen atoms in total. The van der Waals surface area contributed by atoms with E-state index in [1.54, 1.807) is 0 Å². The molecule has 0 amide bonds. The van der Waals surface area contributed by atoms with Crippen molar-refractivity contribution in [2.75, 3.05) is 6.61 Å². The molecule has 1 N–H and O–H groups in total. The Hall–Kier alpha value is -0.870. The van der Waals surface area contributed by atoms with Gasteiger partial charge >= 0.3 is 0 Å². The fourth-order valence-corrected chi connectivity index (χ4v) is 0.976. The molecule has 1 atom stereocenters. The van der Waals surface area contributed by atoms with Crippen LogP contribution in [0.3, 0.4) is 0 Å². The molecule has 0 aliphatic rings. The van der Waals surface area contributed by atoms with Crippen molar-refractivity contribution in [3.63, 3.8) is 0 Å². The van der Waals surface area contributed by atoms with Gasteiger partial charge in [-0.05, 0) is 19.1 Å². The quantitative estimate of drug-likeness (QED) is 0.796. The summed E-state index contributed by atoms with van der Waals surface area (Å²) in [5.41, 5.74) is 0. The lowest BCUT2D eigenvalue weighted by Gasteiger charge is -2.09. The Labute approximate surface area is 85.1 Å². The predicted molar refractivity (Wildman–Crippen MR) is 48.5 cm³/mol. The zero-order chi connectivity index (χ0) is 10.7.